The lowest BCUT2D eigenvalue weighted by atomic mass is 10.2. The standard InChI is InChI=1S/C18H21N3O2/c1-3-21(4-2)16-12-10-15(11-13-16)20-18(23)17(22)19-14-8-6-5-7-9-14/h5-13H,3-4H2,1-2H3,(H,19,22)(H,20,23). The molecule has 0 unspecified atom stereocenters. The highest BCUT2D eigenvalue weighted by Crippen LogP contribution is 2.17. The highest BCUT2D eigenvalue weighted by molar-refractivity contribution is 6.43. The number of nitrogens with one attached hydrogen (secondary N) is 2. The van der Waals surface area contributed by atoms with Crippen LogP contribution in [0.25, 0.3) is 0 Å². The highest BCUT2D eigenvalue weighted by Gasteiger charge is 2.14. The molecule has 0 atom stereocenters. The maximum absolute atomic E-state index is 11.9. The average Bonchev–Trinajstić information content (AvgIpc) is 2.58. The number of carbonyl (C=O) groups excluding carboxylic acids is 2. The summed E-state index contributed by atoms with van der Waals surface area (Å²) in [5.74, 6) is -1.38. The molecule has 0 aliphatic carbocycles. The summed E-state index contributed by atoms with van der Waals surface area (Å²) < 4.78 is 0. The third-order valence-electron chi connectivity index (χ3n) is 3.49. The summed E-state index contributed by atoms with van der Waals surface area (Å²) in [5.41, 5.74) is 2.26. The second-order valence-electron chi connectivity index (χ2n) is 4.99. The van der Waals surface area contributed by atoms with E-state index in [0.29, 0.717) is 11.4 Å². The van der Waals surface area contributed by atoms with Crippen LogP contribution in [-0.4, -0.2) is 24.9 Å². The topological polar surface area (TPSA) is 61.4 Å². The average molecular weight is 311 g/mol. The van der Waals surface area contributed by atoms with E-state index in [2.05, 4.69) is 29.4 Å². The Kier molecular flexibility index (Phi) is 5.74. The van der Waals surface area contributed by atoms with Gasteiger partial charge in [0.05, 0.1) is 0 Å². The number of nitrogens with zero attached hydrogens (tertiary/aromatic N) is 1. The van der Waals surface area contributed by atoms with Crippen molar-refractivity contribution < 1.29 is 9.59 Å². The molecule has 0 radical (unpaired) electrons. The molecule has 0 aromatic heterocycles. The molecule has 0 fully saturated rings. The Morgan fingerprint density at radius 3 is 1.74 bits per heavy atom. The first-order chi connectivity index (χ1) is 11.1. The maximum Gasteiger partial charge on any atom is 0.314 e. The van der Waals surface area contributed by atoms with Gasteiger partial charge in [-0.05, 0) is 50.2 Å². The minimum absolute atomic E-state index is 0.588. The molecule has 2 amide bonds. The summed E-state index contributed by atoms with van der Waals surface area (Å²) in [6.45, 7) is 6.02. The molecule has 0 saturated heterocycles. The Labute approximate surface area is 136 Å². The molecule has 0 spiro atoms. The van der Waals surface area contributed by atoms with Crippen molar-refractivity contribution >= 4 is 28.9 Å². The van der Waals surface area contributed by atoms with Gasteiger partial charge in [-0.25, -0.2) is 0 Å². The van der Waals surface area contributed by atoms with Crippen LogP contribution in [0, 0.1) is 0 Å². The second-order valence-corrected chi connectivity index (χ2v) is 4.99. The SMILES string of the molecule is CCN(CC)c1ccc(NC(=O)C(=O)Nc2ccccc2)cc1. The van der Waals surface area contributed by atoms with Crippen molar-refractivity contribution in [3.63, 3.8) is 0 Å². The van der Waals surface area contributed by atoms with Crippen LogP contribution in [0.5, 0.6) is 0 Å². The zero-order valence-electron chi connectivity index (χ0n) is 13.4. The largest absolute Gasteiger partial charge is 0.372 e. The third-order valence-corrected chi connectivity index (χ3v) is 3.49. The van der Waals surface area contributed by atoms with Crippen LogP contribution < -0.4 is 15.5 Å². The van der Waals surface area contributed by atoms with E-state index in [4.69, 9.17) is 0 Å². The highest BCUT2D eigenvalue weighted by atomic mass is 16.2. The third kappa shape index (κ3) is 4.57. The van der Waals surface area contributed by atoms with Gasteiger partial charge in [0.15, 0.2) is 0 Å². The minimum Gasteiger partial charge on any atom is -0.372 e. The van der Waals surface area contributed by atoms with Crippen LogP contribution in [0.3, 0.4) is 0 Å². The number of amides is 2. The van der Waals surface area contributed by atoms with Gasteiger partial charge in [-0.2, -0.15) is 0 Å². The second kappa shape index (κ2) is 7.98. The summed E-state index contributed by atoms with van der Waals surface area (Å²) in [6.07, 6.45) is 0. The number of benzene rings is 2. The van der Waals surface area contributed by atoms with Crippen LogP contribution in [0.15, 0.2) is 54.6 Å². The molecule has 23 heavy (non-hydrogen) atoms. The molecular formula is C18H21N3O2. The fourth-order valence-corrected chi connectivity index (χ4v) is 2.24. The zero-order valence-corrected chi connectivity index (χ0v) is 13.4. The van der Waals surface area contributed by atoms with E-state index in [1.807, 2.05) is 18.2 Å². The van der Waals surface area contributed by atoms with Crippen molar-refractivity contribution in [2.45, 2.75) is 13.8 Å². The molecule has 5 nitrogen and oxygen atoms in total. The van der Waals surface area contributed by atoms with E-state index in [0.717, 1.165) is 18.8 Å². The smallest absolute Gasteiger partial charge is 0.314 e. The molecule has 0 saturated carbocycles. The quantitative estimate of drug-likeness (QED) is 0.834. The van der Waals surface area contributed by atoms with Crippen LogP contribution >= 0.6 is 0 Å². The predicted molar refractivity (Wildman–Crippen MR) is 93.7 cm³/mol. The Hall–Kier alpha value is -2.82. The lowest BCUT2D eigenvalue weighted by Gasteiger charge is -2.21. The van der Waals surface area contributed by atoms with Gasteiger partial charge in [0.1, 0.15) is 0 Å². The first-order valence-corrected chi connectivity index (χ1v) is 7.66. The summed E-state index contributed by atoms with van der Waals surface area (Å²) >= 11 is 0. The van der Waals surface area contributed by atoms with Gasteiger partial charge >= 0.3 is 11.8 Å². The number of para-hydroxylation sites is 1. The van der Waals surface area contributed by atoms with Gasteiger partial charge in [-0.1, -0.05) is 18.2 Å². The molecular weight excluding hydrogens is 290 g/mol. The first-order valence-electron chi connectivity index (χ1n) is 7.66. The van der Waals surface area contributed by atoms with Crippen molar-refractivity contribution in [2.24, 2.45) is 0 Å². The monoisotopic (exact) mass is 311 g/mol. The molecule has 0 heterocycles. The zero-order chi connectivity index (χ0) is 16.7. The molecule has 2 aromatic carbocycles. The number of carbonyl (C=O) groups is 2. The number of hydrogen-bond acceptors (Lipinski definition) is 3. The molecule has 2 N–H and O–H groups in total. The lowest BCUT2D eigenvalue weighted by Crippen LogP contribution is -2.29. The normalized spacial score (nSPS) is 10.0. The van der Waals surface area contributed by atoms with Crippen molar-refractivity contribution in [1.82, 2.24) is 0 Å². The van der Waals surface area contributed by atoms with Crippen molar-refractivity contribution in [3.05, 3.63) is 54.6 Å². The predicted octanol–water partition coefficient (Wildman–Crippen LogP) is 3.11. The minimum atomic E-state index is -0.691. The van der Waals surface area contributed by atoms with Gasteiger partial charge in [-0.3, -0.25) is 9.59 Å². The summed E-state index contributed by atoms with van der Waals surface area (Å²) in [6, 6.07) is 16.3. The van der Waals surface area contributed by atoms with E-state index >= 15 is 0 Å². The Morgan fingerprint density at radius 1 is 0.783 bits per heavy atom. The van der Waals surface area contributed by atoms with Gasteiger partial charge in [0.25, 0.3) is 0 Å². The van der Waals surface area contributed by atoms with Gasteiger partial charge in [-0.15, -0.1) is 0 Å². The van der Waals surface area contributed by atoms with E-state index < -0.39 is 11.8 Å². The van der Waals surface area contributed by atoms with Crippen LogP contribution in [0.2, 0.25) is 0 Å². The molecule has 0 aliphatic heterocycles. The van der Waals surface area contributed by atoms with Crippen molar-refractivity contribution in [2.75, 3.05) is 28.6 Å². The first kappa shape index (κ1) is 16.5. The summed E-state index contributed by atoms with van der Waals surface area (Å²) in [5, 5.41) is 5.15. The molecule has 0 aliphatic rings. The van der Waals surface area contributed by atoms with E-state index in [1.165, 1.54) is 0 Å². The van der Waals surface area contributed by atoms with Crippen LogP contribution in [-0.2, 0) is 9.59 Å². The molecule has 2 aromatic rings. The van der Waals surface area contributed by atoms with Crippen molar-refractivity contribution in [1.29, 1.82) is 0 Å². The van der Waals surface area contributed by atoms with Crippen LogP contribution in [0.1, 0.15) is 13.8 Å². The Morgan fingerprint density at radius 2 is 1.26 bits per heavy atom. The van der Waals surface area contributed by atoms with Crippen molar-refractivity contribution in [3.8, 4) is 0 Å². The van der Waals surface area contributed by atoms with Crippen LogP contribution in [0.4, 0.5) is 17.1 Å². The van der Waals surface area contributed by atoms with E-state index in [9.17, 15) is 9.59 Å². The summed E-state index contributed by atoms with van der Waals surface area (Å²) in [4.78, 5) is 26.0. The molecule has 120 valence electrons. The van der Waals surface area contributed by atoms with Gasteiger partial charge in [0.2, 0.25) is 0 Å². The van der Waals surface area contributed by atoms with E-state index in [-0.39, 0.29) is 0 Å². The summed E-state index contributed by atoms with van der Waals surface area (Å²) in [7, 11) is 0. The fourth-order valence-electron chi connectivity index (χ4n) is 2.24. The Bertz CT molecular complexity index is 650. The van der Waals surface area contributed by atoms with Gasteiger partial charge < -0.3 is 15.5 Å². The number of hydrogen-bond donors (Lipinski definition) is 2. The molecule has 5 heteroatoms. The number of rotatable bonds is 5. The lowest BCUT2D eigenvalue weighted by molar-refractivity contribution is -0.132. The molecule has 0 bridgehead atoms. The molecule has 2 rings (SSSR count). The Balaban J connectivity index is 1.96. The van der Waals surface area contributed by atoms with E-state index in [1.54, 1.807) is 36.4 Å². The van der Waals surface area contributed by atoms with Gasteiger partial charge in [0, 0.05) is 30.2 Å². The fraction of sp³-hybridized carbons (Fsp3) is 0.222. The number of anilines is 3. The maximum atomic E-state index is 11.9.